The lowest BCUT2D eigenvalue weighted by molar-refractivity contribution is 0.0572. The third-order valence-corrected chi connectivity index (χ3v) is 4.84. The molecular weight excluding hydrogens is 235 g/mol. The fourth-order valence-electron chi connectivity index (χ4n) is 1.91. The van der Waals surface area contributed by atoms with E-state index in [0.29, 0.717) is 0 Å². The predicted octanol–water partition coefficient (Wildman–Crippen LogP) is 4.61. The first kappa shape index (κ1) is 15.2. The molecule has 1 fully saturated rings. The molecule has 0 aromatic heterocycles. The van der Waals surface area contributed by atoms with Gasteiger partial charge in [0.1, 0.15) is 0 Å². The Balaban J connectivity index is 2.47. The highest BCUT2D eigenvalue weighted by molar-refractivity contribution is 7.53. The molecule has 0 amide bonds. The second-order valence-electron chi connectivity index (χ2n) is 6.25. The van der Waals surface area contributed by atoms with Gasteiger partial charge in [0, 0.05) is 6.66 Å². The minimum Gasteiger partial charge on any atom is -0.305 e. The SMILES string of the molecule is CC(OP(C)(=O)OC1CCCCC1)C(C)(C)C. The van der Waals surface area contributed by atoms with Crippen LogP contribution in [0, 0.1) is 5.41 Å². The zero-order valence-electron chi connectivity index (χ0n) is 11.9. The molecule has 0 spiro atoms. The van der Waals surface area contributed by atoms with Gasteiger partial charge < -0.3 is 9.05 Å². The maximum absolute atomic E-state index is 12.3. The minimum absolute atomic E-state index is 0.0123. The monoisotopic (exact) mass is 262 g/mol. The molecule has 0 aromatic carbocycles. The predicted molar refractivity (Wildman–Crippen MR) is 71.5 cm³/mol. The van der Waals surface area contributed by atoms with Crippen LogP contribution in [0.4, 0.5) is 0 Å². The minimum atomic E-state index is -2.91. The largest absolute Gasteiger partial charge is 0.328 e. The molecule has 4 heteroatoms. The molecule has 0 aromatic rings. The standard InChI is InChI=1S/C13H27O3P/c1-11(13(2,3)4)15-17(5,14)16-12-9-7-6-8-10-12/h11-12H,6-10H2,1-5H3. The Labute approximate surface area is 106 Å². The van der Waals surface area contributed by atoms with Crippen LogP contribution >= 0.6 is 7.60 Å². The van der Waals surface area contributed by atoms with Crippen LogP contribution in [-0.4, -0.2) is 18.9 Å². The average molecular weight is 262 g/mol. The van der Waals surface area contributed by atoms with E-state index in [1.165, 1.54) is 19.3 Å². The van der Waals surface area contributed by atoms with Gasteiger partial charge in [-0.05, 0) is 25.2 Å². The summed E-state index contributed by atoms with van der Waals surface area (Å²) in [5.41, 5.74) is -0.0123. The van der Waals surface area contributed by atoms with E-state index in [4.69, 9.17) is 9.05 Å². The topological polar surface area (TPSA) is 35.5 Å². The fourth-order valence-corrected chi connectivity index (χ4v) is 3.60. The second-order valence-corrected chi connectivity index (χ2v) is 8.21. The first-order valence-electron chi connectivity index (χ1n) is 6.65. The molecule has 1 rings (SSSR count). The summed E-state index contributed by atoms with van der Waals surface area (Å²) in [6, 6.07) is 0. The highest BCUT2D eigenvalue weighted by Crippen LogP contribution is 2.50. The molecule has 2 unspecified atom stereocenters. The summed E-state index contributed by atoms with van der Waals surface area (Å²) >= 11 is 0. The number of hydrogen-bond donors (Lipinski definition) is 0. The molecule has 0 bridgehead atoms. The van der Waals surface area contributed by atoms with Crippen molar-refractivity contribution in [3.8, 4) is 0 Å². The Morgan fingerprint density at radius 2 is 1.71 bits per heavy atom. The number of hydrogen-bond acceptors (Lipinski definition) is 3. The lowest BCUT2D eigenvalue weighted by Crippen LogP contribution is -2.26. The van der Waals surface area contributed by atoms with E-state index in [2.05, 4.69) is 20.8 Å². The summed E-state index contributed by atoms with van der Waals surface area (Å²) in [6.45, 7) is 9.80. The Bertz CT molecular complexity index is 277. The van der Waals surface area contributed by atoms with Crippen molar-refractivity contribution in [2.45, 2.75) is 72.0 Å². The van der Waals surface area contributed by atoms with Crippen LogP contribution in [0.5, 0.6) is 0 Å². The van der Waals surface area contributed by atoms with Gasteiger partial charge in [-0.3, -0.25) is 4.57 Å². The van der Waals surface area contributed by atoms with Gasteiger partial charge in [0.2, 0.25) is 0 Å². The lowest BCUT2D eigenvalue weighted by atomic mass is 9.91. The van der Waals surface area contributed by atoms with Gasteiger partial charge in [-0.2, -0.15) is 0 Å². The zero-order chi connectivity index (χ0) is 13.1. The van der Waals surface area contributed by atoms with Gasteiger partial charge in [0.15, 0.2) is 0 Å². The number of rotatable bonds is 4. The molecule has 0 saturated heterocycles. The van der Waals surface area contributed by atoms with Crippen molar-refractivity contribution >= 4 is 7.60 Å². The maximum atomic E-state index is 12.3. The van der Waals surface area contributed by atoms with Gasteiger partial charge in [0.05, 0.1) is 12.2 Å². The van der Waals surface area contributed by atoms with Crippen molar-refractivity contribution < 1.29 is 13.6 Å². The molecule has 0 heterocycles. The zero-order valence-corrected chi connectivity index (χ0v) is 12.8. The molecule has 0 N–H and O–H groups in total. The van der Waals surface area contributed by atoms with Crippen LogP contribution in [0.25, 0.3) is 0 Å². The van der Waals surface area contributed by atoms with Crippen LogP contribution in [0.15, 0.2) is 0 Å². The first-order valence-corrected chi connectivity index (χ1v) is 8.64. The van der Waals surface area contributed by atoms with E-state index >= 15 is 0 Å². The molecule has 1 aliphatic carbocycles. The smallest absolute Gasteiger partial charge is 0.305 e. The van der Waals surface area contributed by atoms with Crippen molar-refractivity contribution in [2.75, 3.05) is 6.66 Å². The second kappa shape index (κ2) is 5.86. The van der Waals surface area contributed by atoms with Crippen molar-refractivity contribution in [1.82, 2.24) is 0 Å². The third-order valence-electron chi connectivity index (χ3n) is 3.46. The normalized spacial score (nSPS) is 24.3. The quantitative estimate of drug-likeness (QED) is 0.694. The molecule has 0 aliphatic heterocycles. The van der Waals surface area contributed by atoms with Gasteiger partial charge in [-0.25, -0.2) is 0 Å². The van der Waals surface area contributed by atoms with E-state index in [0.717, 1.165) is 12.8 Å². The summed E-state index contributed by atoms with van der Waals surface area (Å²) < 4.78 is 23.6. The van der Waals surface area contributed by atoms with Crippen LogP contribution in [0.1, 0.15) is 59.8 Å². The third kappa shape index (κ3) is 5.54. The van der Waals surface area contributed by atoms with E-state index in [-0.39, 0.29) is 17.6 Å². The van der Waals surface area contributed by atoms with Crippen LogP contribution in [0.2, 0.25) is 0 Å². The molecule has 1 aliphatic rings. The Kier molecular flexibility index (Phi) is 5.24. The molecular formula is C13H27O3P. The maximum Gasteiger partial charge on any atom is 0.328 e. The molecule has 102 valence electrons. The molecule has 3 nitrogen and oxygen atoms in total. The van der Waals surface area contributed by atoms with Crippen LogP contribution < -0.4 is 0 Å². The molecule has 2 atom stereocenters. The van der Waals surface area contributed by atoms with Gasteiger partial charge in [-0.1, -0.05) is 40.0 Å². The van der Waals surface area contributed by atoms with Gasteiger partial charge >= 0.3 is 7.60 Å². The van der Waals surface area contributed by atoms with E-state index in [9.17, 15) is 4.57 Å². The molecule has 0 radical (unpaired) electrons. The Morgan fingerprint density at radius 3 is 2.18 bits per heavy atom. The van der Waals surface area contributed by atoms with Crippen LogP contribution in [0.3, 0.4) is 0 Å². The van der Waals surface area contributed by atoms with Crippen molar-refractivity contribution in [3.05, 3.63) is 0 Å². The molecule has 1 saturated carbocycles. The summed E-state index contributed by atoms with van der Waals surface area (Å²) in [4.78, 5) is 0. The van der Waals surface area contributed by atoms with Crippen molar-refractivity contribution in [1.29, 1.82) is 0 Å². The fraction of sp³-hybridized carbons (Fsp3) is 1.00. The Morgan fingerprint density at radius 1 is 1.18 bits per heavy atom. The van der Waals surface area contributed by atoms with Crippen molar-refractivity contribution in [3.63, 3.8) is 0 Å². The summed E-state index contributed by atoms with van der Waals surface area (Å²) in [6.07, 6.45) is 5.73. The first-order chi connectivity index (χ1) is 7.71. The summed E-state index contributed by atoms with van der Waals surface area (Å²) in [5.74, 6) is 0. The van der Waals surface area contributed by atoms with Gasteiger partial charge in [-0.15, -0.1) is 0 Å². The lowest BCUT2D eigenvalue weighted by Gasteiger charge is -2.32. The van der Waals surface area contributed by atoms with E-state index in [1.807, 2.05) is 6.92 Å². The summed E-state index contributed by atoms with van der Waals surface area (Å²) in [7, 11) is -2.91. The molecule has 17 heavy (non-hydrogen) atoms. The highest BCUT2D eigenvalue weighted by atomic mass is 31.2. The van der Waals surface area contributed by atoms with Crippen molar-refractivity contribution in [2.24, 2.45) is 5.41 Å². The highest BCUT2D eigenvalue weighted by Gasteiger charge is 2.31. The van der Waals surface area contributed by atoms with E-state index < -0.39 is 7.60 Å². The average Bonchev–Trinajstić information content (AvgIpc) is 2.16. The Hall–Kier alpha value is 0.150. The summed E-state index contributed by atoms with van der Waals surface area (Å²) in [5, 5.41) is 0. The van der Waals surface area contributed by atoms with Gasteiger partial charge in [0.25, 0.3) is 0 Å². The van der Waals surface area contributed by atoms with E-state index in [1.54, 1.807) is 6.66 Å². The van der Waals surface area contributed by atoms with Crippen LogP contribution in [-0.2, 0) is 13.6 Å².